The first-order valence-electron chi connectivity index (χ1n) is 9.62. The summed E-state index contributed by atoms with van der Waals surface area (Å²) in [4.78, 5) is 13.9. The average molecular weight is 411 g/mol. The summed E-state index contributed by atoms with van der Waals surface area (Å²) in [6.45, 7) is 5.50. The number of halogens is 2. The van der Waals surface area contributed by atoms with Gasteiger partial charge in [0.2, 0.25) is 5.95 Å². The number of hydrogen-bond donors (Lipinski definition) is 0. The van der Waals surface area contributed by atoms with Crippen LogP contribution in [-0.4, -0.2) is 50.7 Å². The van der Waals surface area contributed by atoms with Crippen LogP contribution in [0.1, 0.15) is 11.4 Å². The maximum Gasteiger partial charge on any atom is 0.229 e. The summed E-state index contributed by atoms with van der Waals surface area (Å²) in [7, 11) is 0. The van der Waals surface area contributed by atoms with Gasteiger partial charge in [-0.05, 0) is 31.2 Å². The van der Waals surface area contributed by atoms with Gasteiger partial charge in [-0.15, -0.1) is 5.10 Å². The maximum absolute atomic E-state index is 14.1. The topological polar surface area (TPSA) is 49.6 Å². The van der Waals surface area contributed by atoms with Crippen molar-refractivity contribution in [2.45, 2.75) is 13.5 Å². The zero-order valence-electron chi connectivity index (χ0n) is 16.0. The zero-order chi connectivity index (χ0) is 20.0. The zero-order valence-corrected chi connectivity index (χ0v) is 16.8. The van der Waals surface area contributed by atoms with Crippen molar-refractivity contribution < 1.29 is 4.39 Å². The first-order valence-corrected chi connectivity index (χ1v) is 10.0. The van der Waals surface area contributed by atoms with E-state index in [2.05, 4.69) is 19.9 Å². The minimum Gasteiger partial charge on any atom is -0.338 e. The predicted molar refractivity (Wildman–Crippen MR) is 112 cm³/mol. The SMILES string of the molecule is Cc1nc2c3ccccc3nc(N3CCN(Cc4c(F)cccc4Cl)CC3)n2n1. The minimum atomic E-state index is -0.254. The summed E-state index contributed by atoms with van der Waals surface area (Å²) in [6, 6.07) is 12.8. The highest BCUT2D eigenvalue weighted by Crippen LogP contribution is 2.25. The standard InChI is InChI=1S/C21H20ClFN6/c1-14-24-20-15-5-2-3-8-19(15)25-21(29(20)26-14)28-11-9-27(10-12-28)13-16-17(22)6-4-7-18(16)23/h2-8H,9-13H2,1H3. The molecule has 1 aliphatic heterocycles. The molecular weight excluding hydrogens is 391 g/mol. The first-order chi connectivity index (χ1) is 14.1. The number of anilines is 1. The minimum absolute atomic E-state index is 0.254. The summed E-state index contributed by atoms with van der Waals surface area (Å²) >= 11 is 6.19. The van der Waals surface area contributed by atoms with E-state index in [1.807, 2.05) is 35.7 Å². The molecule has 1 aliphatic rings. The number of rotatable bonds is 3. The van der Waals surface area contributed by atoms with Gasteiger partial charge in [-0.2, -0.15) is 4.52 Å². The fraction of sp³-hybridized carbons (Fsp3) is 0.286. The second kappa shape index (κ2) is 7.24. The predicted octanol–water partition coefficient (Wildman–Crippen LogP) is 3.70. The molecule has 2 aromatic heterocycles. The molecule has 6 nitrogen and oxygen atoms in total. The molecule has 3 heterocycles. The molecule has 148 valence electrons. The summed E-state index contributed by atoms with van der Waals surface area (Å²) < 4.78 is 16.0. The Bertz CT molecular complexity index is 1180. The smallest absolute Gasteiger partial charge is 0.229 e. The van der Waals surface area contributed by atoms with Crippen LogP contribution in [0.4, 0.5) is 10.3 Å². The Kier molecular flexibility index (Phi) is 4.56. The van der Waals surface area contributed by atoms with Crippen LogP contribution < -0.4 is 4.90 Å². The molecule has 2 aromatic carbocycles. The third-order valence-electron chi connectivity index (χ3n) is 5.37. The molecule has 0 amide bonds. The van der Waals surface area contributed by atoms with Crippen LogP contribution in [0.5, 0.6) is 0 Å². The quantitative estimate of drug-likeness (QED) is 0.515. The van der Waals surface area contributed by atoms with Gasteiger partial charge in [-0.1, -0.05) is 29.8 Å². The molecule has 0 atom stereocenters. The summed E-state index contributed by atoms with van der Waals surface area (Å²) in [6.07, 6.45) is 0. The highest BCUT2D eigenvalue weighted by molar-refractivity contribution is 6.31. The number of hydrogen-bond acceptors (Lipinski definition) is 5. The second-order valence-electron chi connectivity index (χ2n) is 7.29. The normalized spacial score (nSPS) is 15.5. The van der Waals surface area contributed by atoms with Gasteiger partial charge >= 0.3 is 0 Å². The molecule has 0 unspecified atom stereocenters. The van der Waals surface area contributed by atoms with Crippen LogP contribution in [0.3, 0.4) is 0 Å². The number of para-hydroxylation sites is 1. The number of piperazine rings is 1. The van der Waals surface area contributed by atoms with E-state index in [0.29, 0.717) is 17.1 Å². The Labute approximate surface area is 172 Å². The van der Waals surface area contributed by atoms with E-state index < -0.39 is 0 Å². The Hall–Kier alpha value is -2.77. The molecule has 29 heavy (non-hydrogen) atoms. The van der Waals surface area contributed by atoms with Crippen molar-refractivity contribution in [1.29, 1.82) is 0 Å². The highest BCUT2D eigenvalue weighted by Gasteiger charge is 2.23. The number of aromatic nitrogens is 4. The lowest BCUT2D eigenvalue weighted by atomic mass is 10.2. The van der Waals surface area contributed by atoms with Gasteiger partial charge in [-0.3, -0.25) is 4.90 Å². The van der Waals surface area contributed by atoms with Crippen molar-refractivity contribution in [2.24, 2.45) is 0 Å². The van der Waals surface area contributed by atoms with E-state index in [0.717, 1.165) is 54.5 Å². The first kappa shape index (κ1) is 18.3. The van der Waals surface area contributed by atoms with E-state index in [-0.39, 0.29) is 5.82 Å². The monoisotopic (exact) mass is 410 g/mol. The van der Waals surface area contributed by atoms with Gasteiger partial charge in [0, 0.05) is 48.7 Å². The van der Waals surface area contributed by atoms with Crippen molar-refractivity contribution in [2.75, 3.05) is 31.1 Å². The van der Waals surface area contributed by atoms with Crippen LogP contribution in [0.15, 0.2) is 42.5 Å². The molecule has 8 heteroatoms. The number of fused-ring (bicyclic) bond motifs is 3. The molecule has 0 bridgehead atoms. The van der Waals surface area contributed by atoms with Gasteiger partial charge in [-0.25, -0.2) is 14.4 Å². The molecule has 1 saturated heterocycles. The fourth-order valence-corrected chi connectivity index (χ4v) is 4.08. The van der Waals surface area contributed by atoms with Crippen LogP contribution >= 0.6 is 11.6 Å². The van der Waals surface area contributed by atoms with Crippen LogP contribution in [0, 0.1) is 12.7 Å². The van der Waals surface area contributed by atoms with E-state index in [1.54, 1.807) is 12.1 Å². The third kappa shape index (κ3) is 3.30. The van der Waals surface area contributed by atoms with E-state index in [1.165, 1.54) is 6.07 Å². The highest BCUT2D eigenvalue weighted by atomic mass is 35.5. The molecule has 0 N–H and O–H groups in total. The Morgan fingerprint density at radius 2 is 1.79 bits per heavy atom. The van der Waals surface area contributed by atoms with E-state index in [4.69, 9.17) is 16.6 Å². The molecule has 0 radical (unpaired) electrons. The average Bonchev–Trinajstić information content (AvgIpc) is 3.12. The van der Waals surface area contributed by atoms with Gasteiger partial charge in [0.1, 0.15) is 11.6 Å². The molecule has 5 rings (SSSR count). The number of nitrogens with zero attached hydrogens (tertiary/aromatic N) is 6. The fourth-order valence-electron chi connectivity index (χ4n) is 3.86. The van der Waals surface area contributed by atoms with Gasteiger partial charge in [0.05, 0.1) is 5.52 Å². The van der Waals surface area contributed by atoms with E-state index in [9.17, 15) is 4.39 Å². The van der Waals surface area contributed by atoms with Crippen molar-refractivity contribution >= 4 is 34.1 Å². The lowest BCUT2D eigenvalue weighted by Gasteiger charge is -2.35. The van der Waals surface area contributed by atoms with Crippen molar-refractivity contribution in [1.82, 2.24) is 24.5 Å². The Morgan fingerprint density at radius 3 is 2.59 bits per heavy atom. The van der Waals surface area contributed by atoms with E-state index >= 15 is 0 Å². The number of aryl methyl sites for hydroxylation is 1. The van der Waals surface area contributed by atoms with Gasteiger partial charge in [0.15, 0.2) is 5.65 Å². The maximum atomic E-state index is 14.1. The largest absolute Gasteiger partial charge is 0.338 e. The summed E-state index contributed by atoms with van der Waals surface area (Å²) in [5.41, 5.74) is 2.28. The summed E-state index contributed by atoms with van der Waals surface area (Å²) in [5.74, 6) is 1.26. The van der Waals surface area contributed by atoms with Crippen LogP contribution in [0.25, 0.3) is 16.6 Å². The van der Waals surface area contributed by atoms with Gasteiger partial charge in [0.25, 0.3) is 0 Å². The molecular formula is C21H20ClFN6. The molecule has 1 fully saturated rings. The number of benzene rings is 2. The molecule has 0 spiro atoms. The van der Waals surface area contributed by atoms with Crippen molar-refractivity contribution in [3.63, 3.8) is 0 Å². The van der Waals surface area contributed by atoms with Crippen LogP contribution in [-0.2, 0) is 6.54 Å². The third-order valence-corrected chi connectivity index (χ3v) is 5.72. The lowest BCUT2D eigenvalue weighted by Crippen LogP contribution is -2.47. The Morgan fingerprint density at radius 1 is 1.00 bits per heavy atom. The van der Waals surface area contributed by atoms with Crippen molar-refractivity contribution in [3.8, 4) is 0 Å². The Balaban J connectivity index is 1.41. The molecule has 0 saturated carbocycles. The lowest BCUT2D eigenvalue weighted by molar-refractivity contribution is 0.245. The molecule has 4 aromatic rings. The second-order valence-corrected chi connectivity index (χ2v) is 7.69. The van der Waals surface area contributed by atoms with Crippen molar-refractivity contribution in [3.05, 3.63) is 64.7 Å². The van der Waals surface area contributed by atoms with Gasteiger partial charge < -0.3 is 4.90 Å². The summed E-state index contributed by atoms with van der Waals surface area (Å²) in [5, 5.41) is 6.03. The van der Waals surface area contributed by atoms with Crippen LogP contribution in [0.2, 0.25) is 5.02 Å². The molecule has 0 aliphatic carbocycles.